The van der Waals surface area contributed by atoms with Crippen LogP contribution < -0.4 is 0 Å². The summed E-state index contributed by atoms with van der Waals surface area (Å²) in [5.41, 5.74) is 0. The molecule has 0 spiro atoms. The van der Waals surface area contributed by atoms with E-state index >= 15 is 0 Å². The second-order valence-electron chi connectivity index (χ2n) is 3.49. The molecule has 0 aromatic heterocycles. The summed E-state index contributed by atoms with van der Waals surface area (Å²) < 4.78 is 14.7. The summed E-state index contributed by atoms with van der Waals surface area (Å²) in [6.45, 7) is 0. The largest absolute Gasteiger partial charge is 0.468 e. The lowest BCUT2D eigenvalue weighted by Crippen LogP contribution is -2.51. The van der Waals surface area contributed by atoms with E-state index in [0.717, 1.165) is 0 Å². The lowest BCUT2D eigenvalue weighted by molar-refractivity contribution is -0.221. The molecule has 0 bridgehead atoms. The van der Waals surface area contributed by atoms with Gasteiger partial charge in [0.1, 0.15) is 5.92 Å². The van der Waals surface area contributed by atoms with Crippen molar-refractivity contribution in [3.63, 3.8) is 0 Å². The zero-order valence-electron chi connectivity index (χ0n) is 9.24. The van der Waals surface area contributed by atoms with Gasteiger partial charge in [-0.1, -0.05) is 0 Å². The van der Waals surface area contributed by atoms with E-state index in [1.165, 1.54) is 21.3 Å². The molecule has 0 radical (unpaired) electrons. The summed E-state index contributed by atoms with van der Waals surface area (Å²) in [5.74, 6) is -2.88. The van der Waals surface area contributed by atoms with Crippen molar-refractivity contribution in [1.82, 2.24) is 0 Å². The standard InChI is InChI=1S/C10H16O5/c1-13-9(12)7-5-4-6-10(14-2,15-3)8(7)11/h7H,4-6H2,1-3H3. The Kier molecular flexibility index (Phi) is 3.82. The zero-order valence-corrected chi connectivity index (χ0v) is 9.24. The van der Waals surface area contributed by atoms with E-state index in [4.69, 9.17) is 9.47 Å². The van der Waals surface area contributed by atoms with Crippen molar-refractivity contribution >= 4 is 11.8 Å². The molecule has 15 heavy (non-hydrogen) atoms. The van der Waals surface area contributed by atoms with Crippen LogP contribution in [0.2, 0.25) is 0 Å². The van der Waals surface area contributed by atoms with Crippen LogP contribution in [-0.4, -0.2) is 38.9 Å². The van der Waals surface area contributed by atoms with Crippen LogP contribution in [0, 0.1) is 5.92 Å². The fraction of sp³-hybridized carbons (Fsp3) is 0.800. The number of esters is 1. The molecular formula is C10H16O5. The second-order valence-corrected chi connectivity index (χ2v) is 3.49. The average Bonchev–Trinajstić information content (AvgIpc) is 2.29. The molecule has 0 heterocycles. The van der Waals surface area contributed by atoms with E-state index in [1.54, 1.807) is 0 Å². The number of carbonyl (C=O) groups excluding carboxylic acids is 2. The molecule has 1 aliphatic rings. The van der Waals surface area contributed by atoms with Gasteiger partial charge in [0, 0.05) is 20.6 Å². The molecule has 1 unspecified atom stereocenters. The number of Topliss-reactive ketones (excluding diaryl/α,β-unsaturated/α-hetero) is 1. The lowest BCUT2D eigenvalue weighted by atomic mass is 9.83. The number of rotatable bonds is 3. The Morgan fingerprint density at radius 3 is 2.40 bits per heavy atom. The first-order valence-corrected chi connectivity index (χ1v) is 4.83. The maximum Gasteiger partial charge on any atom is 0.316 e. The number of hydrogen-bond donors (Lipinski definition) is 0. The third kappa shape index (κ3) is 2.03. The molecule has 0 saturated heterocycles. The molecule has 1 fully saturated rings. The maximum absolute atomic E-state index is 12.0. The summed E-state index contributed by atoms with van der Waals surface area (Å²) in [5, 5.41) is 0. The van der Waals surface area contributed by atoms with Crippen molar-refractivity contribution in [3.05, 3.63) is 0 Å². The summed E-state index contributed by atoms with van der Waals surface area (Å²) in [6, 6.07) is 0. The number of ether oxygens (including phenoxy) is 3. The Morgan fingerprint density at radius 1 is 1.33 bits per heavy atom. The highest BCUT2D eigenvalue weighted by Crippen LogP contribution is 2.32. The molecule has 0 aromatic carbocycles. The van der Waals surface area contributed by atoms with Gasteiger partial charge in [-0.15, -0.1) is 0 Å². The van der Waals surface area contributed by atoms with Crippen LogP contribution in [0.4, 0.5) is 0 Å². The van der Waals surface area contributed by atoms with Crippen molar-refractivity contribution < 1.29 is 23.8 Å². The van der Waals surface area contributed by atoms with Crippen LogP contribution in [0.1, 0.15) is 19.3 Å². The highest BCUT2D eigenvalue weighted by molar-refractivity contribution is 6.03. The van der Waals surface area contributed by atoms with Gasteiger partial charge in [0.2, 0.25) is 11.6 Å². The zero-order chi connectivity index (χ0) is 11.5. The van der Waals surface area contributed by atoms with Crippen LogP contribution in [0.3, 0.4) is 0 Å². The second kappa shape index (κ2) is 4.72. The number of ketones is 1. The topological polar surface area (TPSA) is 61.8 Å². The first-order valence-electron chi connectivity index (χ1n) is 4.83. The minimum absolute atomic E-state index is 0.342. The molecule has 0 N–H and O–H groups in total. The van der Waals surface area contributed by atoms with Crippen LogP contribution >= 0.6 is 0 Å². The van der Waals surface area contributed by atoms with Gasteiger partial charge in [-0.25, -0.2) is 0 Å². The van der Waals surface area contributed by atoms with E-state index in [1.807, 2.05) is 0 Å². The van der Waals surface area contributed by atoms with Crippen molar-refractivity contribution in [3.8, 4) is 0 Å². The monoisotopic (exact) mass is 216 g/mol. The van der Waals surface area contributed by atoms with E-state index < -0.39 is 17.7 Å². The summed E-state index contributed by atoms with van der Waals surface area (Å²) in [4.78, 5) is 23.3. The van der Waals surface area contributed by atoms with Crippen molar-refractivity contribution in [2.24, 2.45) is 5.92 Å². The van der Waals surface area contributed by atoms with Gasteiger partial charge >= 0.3 is 5.97 Å². The number of carbonyl (C=O) groups is 2. The third-order valence-electron chi connectivity index (χ3n) is 2.84. The number of hydrogen-bond acceptors (Lipinski definition) is 5. The molecule has 0 aromatic rings. The van der Waals surface area contributed by atoms with Crippen molar-refractivity contribution in [2.45, 2.75) is 25.0 Å². The van der Waals surface area contributed by atoms with Gasteiger partial charge in [0.05, 0.1) is 7.11 Å². The van der Waals surface area contributed by atoms with Gasteiger partial charge in [-0.3, -0.25) is 9.59 Å². The van der Waals surface area contributed by atoms with E-state index in [0.29, 0.717) is 19.3 Å². The fourth-order valence-corrected chi connectivity index (χ4v) is 1.91. The molecule has 0 amide bonds. The summed E-state index contributed by atoms with van der Waals surface area (Å²) >= 11 is 0. The van der Waals surface area contributed by atoms with Gasteiger partial charge in [0.25, 0.3) is 0 Å². The van der Waals surface area contributed by atoms with Crippen molar-refractivity contribution in [1.29, 1.82) is 0 Å². The summed E-state index contributed by atoms with van der Waals surface area (Å²) in [7, 11) is 4.08. The first-order chi connectivity index (χ1) is 7.11. The highest BCUT2D eigenvalue weighted by atomic mass is 16.7. The molecule has 1 saturated carbocycles. The molecular weight excluding hydrogens is 200 g/mol. The van der Waals surface area contributed by atoms with Gasteiger partial charge in [0.15, 0.2) is 0 Å². The van der Waals surface area contributed by atoms with Gasteiger partial charge in [-0.2, -0.15) is 0 Å². The molecule has 0 aliphatic heterocycles. The highest BCUT2D eigenvalue weighted by Gasteiger charge is 2.48. The minimum Gasteiger partial charge on any atom is -0.468 e. The van der Waals surface area contributed by atoms with Crippen LogP contribution in [0.5, 0.6) is 0 Å². The normalized spacial score (nSPS) is 25.0. The van der Waals surface area contributed by atoms with Gasteiger partial charge < -0.3 is 14.2 Å². The van der Waals surface area contributed by atoms with E-state index in [2.05, 4.69) is 4.74 Å². The van der Waals surface area contributed by atoms with Crippen LogP contribution in [0.25, 0.3) is 0 Å². The Labute approximate surface area is 88.7 Å². The Bertz CT molecular complexity index is 257. The predicted octanol–water partition coefficient (Wildman–Crippen LogP) is 0.518. The van der Waals surface area contributed by atoms with Crippen molar-refractivity contribution in [2.75, 3.05) is 21.3 Å². The van der Waals surface area contributed by atoms with E-state index in [9.17, 15) is 9.59 Å². The molecule has 1 rings (SSSR count). The molecule has 86 valence electrons. The van der Waals surface area contributed by atoms with Gasteiger partial charge in [-0.05, 0) is 12.8 Å². The first kappa shape index (κ1) is 12.1. The Hall–Kier alpha value is -0.940. The minimum atomic E-state index is -1.27. The Morgan fingerprint density at radius 2 is 1.93 bits per heavy atom. The smallest absolute Gasteiger partial charge is 0.316 e. The van der Waals surface area contributed by atoms with Crippen LogP contribution in [0.15, 0.2) is 0 Å². The Balaban J connectivity index is 2.88. The maximum atomic E-state index is 12.0. The third-order valence-corrected chi connectivity index (χ3v) is 2.84. The number of methoxy groups -OCH3 is 3. The SMILES string of the molecule is COC(=O)C1CCCC(OC)(OC)C1=O. The molecule has 1 aliphatic carbocycles. The molecule has 5 heteroatoms. The summed E-state index contributed by atoms with van der Waals surface area (Å²) in [6.07, 6.45) is 1.68. The van der Waals surface area contributed by atoms with Crippen LogP contribution in [-0.2, 0) is 23.8 Å². The fourth-order valence-electron chi connectivity index (χ4n) is 1.91. The molecule has 1 atom stereocenters. The quantitative estimate of drug-likeness (QED) is 0.391. The van der Waals surface area contributed by atoms with E-state index in [-0.39, 0.29) is 5.78 Å². The molecule has 5 nitrogen and oxygen atoms in total. The predicted molar refractivity (Wildman–Crippen MR) is 51.1 cm³/mol. The lowest BCUT2D eigenvalue weighted by Gasteiger charge is -2.35. The average molecular weight is 216 g/mol.